The maximum absolute atomic E-state index is 12.5. The number of benzene rings is 1. The molecular formula is C16H23N3O3. The standard InChI is InChI=1S/C16H23N3O3/c1-12(2)17-16(21)19-9-7-18(8-10-19)15(20)13-5-4-6-14(11-13)22-3/h4-6,11-12H,7-10H2,1-3H3,(H,17,21). The highest BCUT2D eigenvalue weighted by molar-refractivity contribution is 5.94. The highest BCUT2D eigenvalue weighted by Gasteiger charge is 2.25. The number of carbonyl (C=O) groups is 2. The topological polar surface area (TPSA) is 61.9 Å². The van der Waals surface area contributed by atoms with Crippen molar-refractivity contribution in [1.82, 2.24) is 15.1 Å². The van der Waals surface area contributed by atoms with Crippen molar-refractivity contribution in [2.24, 2.45) is 0 Å². The highest BCUT2D eigenvalue weighted by atomic mass is 16.5. The van der Waals surface area contributed by atoms with E-state index < -0.39 is 0 Å². The molecule has 0 unspecified atom stereocenters. The summed E-state index contributed by atoms with van der Waals surface area (Å²) in [4.78, 5) is 27.9. The molecule has 22 heavy (non-hydrogen) atoms. The zero-order valence-corrected chi connectivity index (χ0v) is 13.3. The van der Waals surface area contributed by atoms with Gasteiger partial charge in [-0.3, -0.25) is 4.79 Å². The first-order valence-electron chi connectivity index (χ1n) is 7.50. The van der Waals surface area contributed by atoms with Crippen molar-refractivity contribution >= 4 is 11.9 Å². The van der Waals surface area contributed by atoms with Crippen LogP contribution in [0.4, 0.5) is 4.79 Å². The predicted octanol–water partition coefficient (Wildman–Crippen LogP) is 1.57. The number of hydrogen-bond donors (Lipinski definition) is 1. The number of nitrogens with one attached hydrogen (secondary N) is 1. The molecule has 0 bridgehead atoms. The number of methoxy groups -OCH3 is 1. The molecule has 1 N–H and O–H groups in total. The van der Waals surface area contributed by atoms with Crippen LogP contribution in [0.25, 0.3) is 0 Å². The monoisotopic (exact) mass is 305 g/mol. The van der Waals surface area contributed by atoms with Gasteiger partial charge in [-0.05, 0) is 32.0 Å². The molecule has 0 atom stereocenters. The molecule has 1 aliphatic heterocycles. The summed E-state index contributed by atoms with van der Waals surface area (Å²) in [5, 5.41) is 2.87. The molecule has 1 aromatic rings. The molecule has 0 spiro atoms. The number of hydrogen-bond acceptors (Lipinski definition) is 3. The second-order valence-electron chi connectivity index (χ2n) is 5.62. The summed E-state index contributed by atoms with van der Waals surface area (Å²) < 4.78 is 5.15. The fourth-order valence-electron chi connectivity index (χ4n) is 2.39. The second-order valence-corrected chi connectivity index (χ2v) is 5.62. The largest absolute Gasteiger partial charge is 0.497 e. The molecule has 1 aromatic carbocycles. The van der Waals surface area contributed by atoms with E-state index in [2.05, 4.69) is 5.32 Å². The molecule has 0 saturated carbocycles. The lowest BCUT2D eigenvalue weighted by molar-refractivity contribution is 0.0663. The van der Waals surface area contributed by atoms with Gasteiger partial charge in [0.05, 0.1) is 7.11 Å². The van der Waals surface area contributed by atoms with E-state index >= 15 is 0 Å². The summed E-state index contributed by atoms with van der Waals surface area (Å²) in [6.07, 6.45) is 0. The molecule has 0 aliphatic carbocycles. The van der Waals surface area contributed by atoms with Gasteiger partial charge in [-0.25, -0.2) is 4.79 Å². The number of urea groups is 1. The minimum Gasteiger partial charge on any atom is -0.497 e. The number of rotatable bonds is 3. The van der Waals surface area contributed by atoms with Crippen molar-refractivity contribution in [1.29, 1.82) is 0 Å². The van der Waals surface area contributed by atoms with Gasteiger partial charge < -0.3 is 19.9 Å². The van der Waals surface area contributed by atoms with Crippen molar-refractivity contribution in [3.05, 3.63) is 29.8 Å². The average molecular weight is 305 g/mol. The molecule has 2 rings (SSSR count). The van der Waals surface area contributed by atoms with Crippen molar-refractivity contribution in [3.8, 4) is 5.75 Å². The summed E-state index contributed by atoms with van der Waals surface area (Å²) in [7, 11) is 1.58. The van der Waals surface area contributed by atoms with Gasteiger partial charge in [-0.2, -0.15) is 0 Å². The minimum atomic E-state index is -0.0662. The Labute approximate surface area is 131 Å². The fraction of sp³-hybridized carbons (Fsp3) is 0.500. The van der Waals surface area contributed by atoms with Gasteiger partial charge in [0.1, 0.15) is 5.75 Å². The first-order chi connectivity index (χ1) is 10.5. The number of ether oxygens (including phenoxy) is 1. The molecule has 0 radical (unpaired) electrons. The van der Waals surface area contributed by atoms with Gasteiger partial charge in [0, 0.05) is 37.8 Å². The molecule has 1 fully saturated rings. The minimum absolute atomic E-state index is 0.0252. The van der Waals surface area contributed by atoms with Crippen LogP contribution < -0.4 is 10.1 Å². The molecule has 3 amide bonds. The van der Waals surface area contributed by atoms with Crippen LogP contribution in [0.15, 0.2) is 24.3 Å². The van der Waals surface area contributed by atoms with Crippen LogP contribution in [0.5, 0.6) is 5.75 Å². The Morgan fingerprint density at radius 3 is 2.36 bits per heavy atom. The first kappa shape index (κ1) is 16.1. The van der Waals surface area contributed by atoms with Crippen molar-refractivity contribution in [2.75, 3.05) is 33.3 Å². The van der Waals surface area contributed by atoms with Crippen LogP contribution in [0.3, 0.4) is 0 Å². The Morgan fingerprint density at radius 2 is 1.77 bits per heavy atom. The quantitative estimate of drug-likeness (QED) is 0.922. The summed E-state index contributed by atoms with van der Waals surface area (Å²) in [5.41, 5.74) is 0.611. The lowest BCUT2D eigenvalue weighted by Gasteiger charge is -2.35. The number of carbonyl (C=O) groups excluding carboxylic acids is 2. The van der Waals surface area contributed by atoms with E-state index in [1.807, 2.05) is 19.9 Å². The summed E-state index contributed by atoms with van der Waals surface area (Å²) in [6, 6.07) is 7.18. The molecular weight excluding hydrogens is 282 g/mol. The van der Waals surface area contributed by atoms with Crippen LogP contribution in [-0.2, 0) is 0 Å². The molecule has 1 aliphatic rings. The highest BCUT2D eigenvalue weighted by Crippen LogP contribution is 2.15. The third-order valence-corrected chi connectivity index (χ3v) is 3.58. The van der Waals surface area contributed by atoms with Crippen LogP contribution in [-0.4, -0.2) is 61.1 Å². The molecule has 1 saturated heterocycles. The molecule has 6 nitrogen and oxygen atoms in total. The molecule has 0 aromatic heterocycles. The third-order valence-electron chi connectivity index (χ3n) is 3.58. The number of amides is 3. The van der Waals surface area contributed by atoms with E-state index in [-0.39, 0.29) is 18.0 Å². The predicted molar refractivity (Wildman–Crippen MR) is 84.1 cm³/mol. The Balaban J connectivity index is 1.93. The number of nitrogens with zero attached hydrogens (tertiary/aromatic N) is 2. The Hall–Kier alpha value is -2.24. The van der Waals surface area contributed by atoms with Gasteiger partial charge in [-0.15, -0.1) is 0 Å². The van der Waals surface area contributed by atoms with E-state index in [0.717, 1.165) is 0 Å². The van der Waals surface area contributed by atoms with E-state index in [9.17, 15) is 9.59 Å². The summed E-state index contributed by atoms with van der Waals surface area (Å²) in [5.74, 6) is 0.642. The molecule has 120 valence electrons. The number of piperazine rings is 1. The van der Waals surface area contributed by atoms with Crippen molar-refractivity contribution in [3.63, 3.8) is 0 Å². The van der Waals surface area contributed by atoms with E-state index in [4.69, 9.17) is 4.74 Å². The van der Waals surface area contributed by atoms with Gasteiger partial charge in [0.2, 0.25) is 0 Å². The molecule has 1 heterocycles. The van der Waals surface area contributed by atoms with Gasteiger partial charge in [0.15, 0.2) is 0 Å². The van der Waals surface area contributed by atoms with Crippen LogP contribution in [0, 0.1) is 0 Å². The third kappa shape index (κ3) is 3.90. The average Bonchev–Trinajstić information content (AvgIpc) is 2.53. The fourth-order valence-corrected chi connectivity index (χ4v) is 2.39. The maximum Gasteiger partial charge on any atom is 0.317 e. The van der Waals surface area contributed by atoms with Gasteiger partial charge in [0.25, 0.3) is 5.91 Å². The Kier molecular flexibility index (Phi) is 5.25. The van der Waals surface area contributed by atoms with E-state index in [1.54, 1.807) is 35.1 Å². The van der Waals surface area contributed by atoms with Gasteiger partial charge in [-0.1, -0.05) is 6.07 Å². The maximum atomic E-state index is 12.5. The lowest BCUT2D eigenvalue weighted by atomic mass is 10.1. The van der Waals surface area contributed by atoms with E-state index in [1.165, 1.54) is 0 Å². The van der Waals surface area contributed by atoms with Crippen LogP contribution in [0.1, 0.15) is 24.2 Å². The first-order valence-corrected chi connectivity index (χ1v) is 7.50. The SMILES string of the molecule is COc1cccc(C(=O)N2CCN(C(=O)NC(C)C)CC2)c1. The summed E-state index contributed by atoms with van der Waals surface area (Å²) in [6.45, 7) is 6.05. The smallest absolute Gasteiger partial charge is 0.317 e. The van der Waals surface area contributed by atoms with Crippen molar-refractivity contribution < 1.29 is 14.3 Å². The zero-order valence-electron chi connectivity index (χ0n) is 13.3. The van der Waals surface area contributed by atoms with E-state index in [0.29, 0.717) is 37.5 Å². The Bertz CT molecular complexity index is 537. The van der Waals surface area contributed by atoms with Crippen molar-refractivity contribution in [2.45, 2.75) is 19.9 Å². The zero-order chi connectivity index (χ0) is 16.1. The normalized spacial score (nSPS) is 14.9. The van der Waals surface area contributed by atoms with Crippen LogP contribution in [0.2, 0.25) is 0 Å². The van der Waals surface area contributed by atoms with Crippen LogP contribution >= 0.6 is 0 Å². The lowest BCUT2D eigenvalue weighted by Crippen LogP contribution is -2.54. The van der Waals surface area contributed by atoms with Gasteiger partial charge >= 0.3 is 6.03 Å². The Morgan fingerprint density at radius 1 is 1.14 bits per heavy atom. The molecule has 6 heteroatoms. The summed E-state index contributed by atoms with van der Waals surface area (Å²) >= 11 is 0. The second kappa shape index (κ2) is 7.15.